The number of benzene rings is 1. The van der Waals surface area contributed by atoms with Gasteiger partial charge in [0.25, 0.3) is 0 Å². The van der Waals surface area contributed by atoms with Crippen LogP contribution >= 0.6 is 0 Å². The number of hydrogen-bond acceptors (Lipinski definition) is 1. The lowest BCUT2D eigenvalue weighted by Gasteiger charge is -1.92. The van der Waals surface area contributed by atoms with Gasteiger partial charge in [0.2, 0.25) is 0 Å². The zero-order valence-electron chi connectivity index (χ0n) is 8.39. The predicted octanol–water partition coefficient (Wildman–Crippen LogP) is 3.16. The van der Waals surface area contributed by atoms with E-state index in [1.807, 2.05) is 54.6 Å². The Kier molecular flexibility index (Phi) is 2.93. The molecule has 1 nitrogen and oxygen atoms in total. The van der Waals surface area contributed by atoms with Crippen LogP contribution in [0.3, 0.4) is 0 Å². The normalized spacial score (nSPS) is 14.5. The first kappa shape index (κ1) is 9.66. The molecule has 0 atom stereocenters. The first-order valence-electron chi connectivity index (χ1n) is 5.00. The Balaban J connectivity index is 2.06. The second kappa shape index (κ2) is 4.56. The van der Waals surface area contributed by atoms with E-state index >= 15 is 0 Å². The average molecular weight is 196 g/mol. The van der Waals surface area contributed by atoms with Crippen LogP contribution < -0.4 is 0 Å². The van der Waals surface area contributed by atoms with E-state index in [1.54, 1.807) is 6.08 Å². The third kappa shape index (κ3) is 2.53. The van der Waals surface area contributed by atoms with Gasteiger partial charge in [-0.05, 0) is 18.1 Å². The summed E-state index contributed by atoms with van der Waals surface area (Å²) in [5, 5.41) is 0. The molecule has 1 heteroatoms. The Bertz CT molecular complexity index is 436. The summed E-state index contributed by atoms with van der Waals surface area (Å²) >= 11 is 0. The van der Waals surface area contributed by atoms with Crippen molar-refractivity contribution in [1.82, 2.24) is 0 Å². The fourth-order valence-electron chi connectivity index (χ4n) is 1.47. The van der Waals surface area contributed by atoms with Gasteiger partial charge in [-0.25, -0.2) is 0 Å². The molecule has 0 bridgehead atoms. The van der Waals surface area contributed by atoms with Crippen molar-refractivity contribution < 1.29 is 4.79 Å². The lowest BCUT2D eigenvalue weighted by atomic mass is 10.1. The number of ketones is 1. The van der Waals surface area contributed by atoms with Crippen molar-refractivity contribution in [3.05, 3.63) is 65.8 Å². The van der Waals surface area contributed by atoms with E-state index in [-0.39, 0.29) is 5.78 Å². The van der Waals surface area contributed by atoms with E-state index in [9.17, 15) is 4.79 Å². The van der Waals surface area contributed by atoms with Gasteiger partial charge in [-0.1, -0.05) is 54.6 Å². The third-order valence-corrected chi connectivity index (χ3v) is 2.28. The third-order valence-electron chi connectivity index (χ3n) is 2.28. The summed E-state index contributed by atoms with van der Waals surface area (Å²) in [6.07, 6.45) is 10.1. The molecule has 0 heterocycles. The molecule has 0 saturated heterocycles. The highest BCUT2D eigenvalue weighted by Gasteiger charge is 2.04. The quantitative estimate of drug-likeness (QED) is 0.679. The van der Waals surface area contributed by atoms with Gasteiger partial charge in [0.15, 0.2) is 5.78 Å². The van der Waals surface area contributed by atoms with Crippen LogP contribution in [0.15, 0.2) is 60.2 Å². The van der Waals surface area contributed by atoms with Crippen LogP contribution in [0.2, 0.25) is 0 Å². The van der Waals surface area contributed by atoms with E-state index in [1.165, 1.54) is 0 Å². The molecular formula is C14H12O. The summed E-state index contributed by atoms with van der Waals surface area (Å²) in [6, 6.07) is 9.82. The highest BCUT2D eigenvalue weighted by atomic mass is 16.1. The van der Waals surface area contributed by atoms with Crippen LogP contribution in [-0.2, 0) is 4.79 Å². The molecule has 0 radical (unpaired) electrons. The standard InChI is InChI=1S/C14H12O/c15-14(13-8-4-5-9-13)11-10-12-6-2-1-3-7-12/h1-4,6-11H,5H2/b11-10+. The molecular weight excluding hydrogens is 184 g/mol. The Hall–Kier alpha value is -1.89. The minimum atomic E-state index is 0.0765. The van der Waals surface area contributed by atoms with E-state index in [0.29, 0.717) is 0 Å². The Morgan fingerprint density at radius 3 is 2.67 bits per heavy atom. The van der Waals surface area contributed by atoms with Crippen molar-refractivity contribution in [2.45, 2.75) is 6.42 Å². The van der Waals surface area contributed by atoms with Crippen molar-refractivity contribution in [1.29, 1.82) is 0 Å². The summed E-state index contributed by atoms with van der Waals surface area (Å²) < 4.78 is 0. The minimum absolute atomic E-state index is 0.0765. The monoisotopic (exact) mass is 196 g/mol. The molecule has 1 aromatic carbocycles. The predicted molar refractivity (Wildman–Crippen MR) is 62.3 cm³/mol. The Morgan fingerprint density at radius 1 is 1.20 bits per heavy atom. The molecule has 1 aliphatic rings. The number of carbonyl (C=O) groups is 1. The summed E-state index contributed by atoms with van der Waals surface area (Å²) in [7, 11) is 0. The highest BCUT2D eigenvalue weighted by Crippen LogP contribution is 2.11. The molecule has 1 aliphatic carbocycles. The van der Waals surface area contributed by atoms with Crippen molar-refractivity contribution >= 4 is 11.9 Å². The molecule has 0 aliphatic heterocycles. The lowest BCUT2D eigenvalue weighted by molar-refractivity contribution is -0.111. The number of rotatable bonds is 3. The van der Waals surface area contributed by atoms with Gasteiger partial charge in [0.05, 0.1) is 0 Å². The SMILES string of the molecule is O=C(/C=C/c1ccccc1)C1=CCC=C1. The maximum Gasteiger partial charge on any atom is 0.185 e. The van der Waals surface area contributed by atoms with Crippen LogP contribution in [-0.4, -0.2) is 5.78 Å². The topological polar surface area (TPSA) is 17.1 Å². The van der Waals surface area contributed by atoms with Gasteiger partial charge in [-0.3, -0.25) is 4.79 Å². The lowest BCUT2D eigenvalue weighted by Crippen LogP contribution is -1.93. The zero-order chi connectivity index (χ0) is 10.5. The molecule has 0 saturated carbocycles. The summed E-state index contributed by atoms with van der Waals surface area (Å²) in [4.78, 5) is 11.6. The first-order chi connectivity index (χ1) is 7.36. The minimum Gasteiger partial charge on any atom is -0.289 e. The molecule has 0 aromatic heterocycles. The van der Waals surface area contributed by atoms with E-state index in [0.717, 1.165) is 17.6 Å². The van der Waals surface area contributed by atoms with E-state index in [4.69, 9.17) is 0 Å². The zero-order valence-corrected chi connectivity index (χ0v) is 8.39. The number of carbonyl (C=O) groups excluding carboxylic acids is 1. The molecule has 0 N–H and O–H groups in total. The summed E-state index contributed by atoms with van der Waals surface area (Å²) in [6.45, 7) is 0. The van der Waals surface area contributed by atoms with Crippen LogP contribution in [0, 0.1) is 0 Å². The Labute approximate surface area is 89.4 Å². The highest BCUT2D eigenvalue weighted by molar-refractivity contribution is 6.08. The van der Waals surface area contributed by atoms with Crippen LogP contribution in [0.25, 0.3) is 6.08 Å². The molecule has 15 heavy (non-hydrogen) atoms. The summed E-state index contributed by atoms with van der Waals surface area (Å²) in [5.74, 6) is 0.0765. The van der Waals surface area contributed by atoms with Crippen molar-refractivity contribution in [3.8, 4) is 0 Å². The molecule has 0 fully saturated rings. The molecule has 2 rings (SSSR count). The van der Waals surface area contributed by atoms with E-state index < -0.39 is 0 Å². The maximum atomic E-state index is 11.6. The molecule has 0 spiro atoms. The summed E-state index contributed by atoms with van der Waals surface area (Å²) in [5.41, 5.74) is 1.84. The van der Waals surface area contributed by atoms with Crippen molar-refractivity contribution in [2.24, 2.45) is 0 Å². The Morgan fingerprint density at radius 2 is 2.00 bits per heavy atom. The average Bonchev–Trinajstić information content (AvgIpc) is 2.81. The van der Waals surface area contributed by atoms with Crippen LogP contribution in [0.1, 0.15) is 12.0 Å². The largest absolute Gasteiger partial charge is 0.289 e. The molecule has 74 valence electrons. The van der Waals surface area contributed by atoms with Gasteiger partial charge in [-0.2, -0.15) is 0 Å². The number of hydrogen-bond donors (Lipinski definition) is 0. The van der Waals surface area contributed by atoms with Crippen LogP contribution in [0.5, 0.6) is 0 Å². The second-order valence-corrected chi connectivity index (χ2v) is 3.41. The molecule has 0 unspecified atom stereocenters. The first-order valence-corrected chi connectivity index (χ1v) is 5.00. The molecule has 1 aromatic rings. The van der Waals surface area contributed by atoms with Gasteiger partial charge >= 0.3 is 0 Å². The fourth-order valence-corrected chi connectivity index (χ4v) is 1.47. The smallest absolute Gasteiger partial charge is 0.185 e. The van der Waals surface area contributed by atoms with E-state index in [2.05, 4.69) is 0 Å². The van der Waals surface area contributed by atoms with Gasteiger partial charge in [0.1, 0.15) is 0 Å². The molecule has 0 amide bonds. The van der Waals surface area contributed by atoms with Gasteiger partial charge in [0, 0.05) is 5.57 Å². The van der Waals surface area contributed by atoms with Gasteiger partial charge in [-0.15, -0.1) is 0 Å². The van der Waals surface area contributed by atoms with Crippen LogP contribution in [0.4, 0.5) is 0 Å². The second-order valence-electron chi connectivity index (χ2n) is 3.41. The van der Waals surface area contributed by atoms with Crippen molar-refractivity contribution in [3.63, 3.8) is 0 Å². The maximum absolute atomic E-state index is 11.6. The number of allylic oxidation sites excluding steroid dienone is 5. The van der Waals surface area contributed by atoms with Crippen molar-refractivity contribution in [2.75, 3.05) is 0 Å². The fraction of sp³-hybridized carbons (Fsp3) is 0.0714. The van der Waals surface area contributed by atoms with Gasteiger partial charge < -0.3 is 0 Å².